The van der Waals surface area contributed by atoms with Crippen molar-refractivity contribution in [2.75, 3.05) is 13.1 Å². The van der Waals surface area contributed by atoms with Gasteiger partial charge in [-0.25, -0.2) is 4.98 Å². The molecule has 1 amide bonds. The van der Waals surface area contributed by atoms with Crippen LogP contribution in [0.2, 0.25) is 0 Å². The van der Waals surface area contributed by atoms with E-state index < -0.39 is 5.97 Å². The monoisotopic (exact) mass is 414 g/mol. The minimum atomic E-state index is -0.804. The third kappa shape index (κ3) is 4.69. The van der Waals surface area contributed by atoms with Gasteiger partial charge in [0.05, 0.1) is 17.1 Å². The van der Waals surface area contributed by atoms with Gasteiger partial charge in [0.25, 0.3) is 5.91 Å². The van der Waals surface area contributed by atoms with Crippen molar-refractivity contribution in [3.8, 4) is 0 Å². The van der Waals surface area contributed by atoms with Crippen LogP contribution in [0, 0.1) is 5.92 Å². The smallest absolute Gasteiger partial charge is 0.306 e. The highest BCUT2D eigenvalue weighted by Gasteiger charge is 2.27. The minimum absolute atomic E-state index is 0.140. The van der Waals surface area contributed by atoms with Gasteiger partial charge in [-0.3, -0.25) is 14.4 Å². The Labute approximate surface area is 179 Å². The molecular weight excluding hydrogens is 392 g/mol. The molecule has 3 aromatic rings. The van der Waals surface area contributed by atoms with E-state index in [0.717, 1.165) is 10.9 Å². The molecule has 0 unspecified atom stereocenters. The van der Waals surface area contributed by atoms with Gasteiger partial charge in [0.1, 0.15) is 0 Å². The molecule has 1 N–H and O–H groups in total. The third-order valence-electron chi connectivity index (χ3n) is 5.57. The highest BCUT2D eigenvalue weighted by molar-refractivity contribution is 6.07. The number of fused-ring (bicyclic) bond motifs is 1. The topological polar surface area (TPSA) is 87.6 Å². The van der Waals surface area contributed by atoms with E-state index in [9.17, 15) is 14.4 Å². The third-order valence-corrected chi connectivity index (χ3v) is 5.57. The van der Waals surface area contributed by atoms with Gasteiger partial charge in [-0.2, -0.15) is 0 Å². The second-order valence-electron chi connectivity index (χ2n) is 7.61. The molecule has 1 fully saturated rings. The van der Waals surface area contributed by atoms with Crippen molar-refractivity contribution in [1.29, 1.82) is 0 Å². The molecule has 0 aliphatic carbocycles. The van der Waals surface area contributed by atoms with E-state index in [4.69, 9.17) is 5.11 Å². The second-order valence-corrected chi connectivity index (χ2v) is 7.61. The van der Waals surface area contributed by atoms with E-state index in [-0.39, 0.29) is 17.6 Å². The summed E-state index contributed by atoms with van der Waals surface area (Å²) in [6.45, 7) is 0.857. The molecule has 0 spiro atoms. The predicted molar refractivity (Wildman–Crippen MR) is 118 cm³/mol. The lowest BCUT2D eigenvalue weighted by molar-refractivity contribution is -0.143. The first kappa shape index (κ1) is 20.5. The number of carboxylic acid groups (broad SMARTS) is 1. The molecule has 1 aliphatic heterocycles. The molecule has 0 bridgehead atoms. The van der Waals surface area contributed by atoms with Crippen LogP contribution in [-0.2, 0) is 4.79 Å². The highest BCUT2D eigenvalue weighted by atomic mass is 16.4. The molecule has 4 rings (SSSR count). The van der Waals surface area contributed by atoms with Crippen LogP contribution in [0.3, 0.4) is 0 Å². The van der Waals surface area contributed by atoms with Gasteiger partial charge in [-0.1, -0.05) is 36.4 Å². The van der Waals surface area contributed by atoms with Gasteiger partial charge in [-0.05, 0) is 49.3 Å². The van der Waals surface area contributed by atoms with Crippen LogP contribution in [-0.4, -0.2) is 45.7 Å². The molecule has 2 aromatic carbocycles. The molecule has 6 nitrogen and oxygen atoms in total. The first-order valence-corrected chi connectivity index (χ1v) is 10.2. The van der Waals surface area contributed by atoms with Crippen LogP contribution in [0.1, 0.15) is 39.3 Å². The maximum absolute atomic E-state index is 12.6. The Morgan fingerprint density at radius 1 is 0.903 bits per heavy atom. The van der Waals surface area contributed by atoms with Crippen LogP contribution >= 0.6 is 0 Å². The van der Waals surface area contributed by atoms with E-state index in [1.165, 1.54) is 6.08 Å². The zero-order valence-corrected chi connectivity index (χ0v) is 16.9. The van der Waals surface area contributed by atoms with Gasteiger partial charge in [-0.15, -0.1) is 0 Å². The Morgan fingerprint density at radius 3 is 2.29 bits per heavy atom. The Bertz CT molecular complexity index is 1160. The van der Waals surface area contributed by atoms with Crippen LogP contribution in [0.15, 0.2) is 66.7 Å². The van der Waals surface area contributed by atoms with Crippen molar-refractivity contribution in [2.24, 2.45) is 5.92 Å². The van der Waals surface area contributed by atoms with Crippen LogP contribution in [0.4, 0.5) is 0 Å². The molecule has 1 aromatic heterocycles. The van der Waals surface area contributed by atoms with Crippen molar-refractivity contribution in [3.05, 3.63) is 83.6 Å². The first-order valence-electron chi connectivity index (χ1n) is 10.2. The van der Waals surface area contributed by atoms with Crippen molar-refractivity contribution >= 4 is 34.6 Å². The number of aliphatic carboxylic acids is 1. The normalized spacial score (nSPS) is 14.8. The molecule has 156 valence electrons. The van der Waals surface area contributed by atoms with Crippen LogP contribution < -0.4 is 0 Å². The molecule has 2 heterocycles. The number of hydrogen-bond acceptors (Lipinski definition) is 4. The number of allylic oxidation sites excluding steroid dienone is 1. The standard InChI is InChI=1S/C25H22N2O4/c28-23(12-11-21-10-9-17-3-1-2-4-22(17)26-21)18-5-7-19(8-6-18)24(29)27-15-13-20(14-16-27)25(30)31/h1-12,20H,13-16H2,(H,30,31)/b12-11+. The SMILES string of the molecule is O=C(/C=C/c1ccc2ccccc2n1)c1ccc(C(=O)N2CCC(C(=O)O)CC2)cc1. The predicted octanol–water partition coefficient (Wildman–Crippen LogP) is 4.07. The summed E-state index contributed by atoms with van der Waals surface area (Å²) in [6.07, 6.45) is 4.08. The van der Waals surface area contributed by atoms with Crippen molar-refractivity contribution in [1.82, 2.24) is 9.88 Å². The van der Waals surface area contributed by atoms with Crippen molar-refractivity contribution < 1.29 is 19.5 Å². The number of piperidine rings is 1. The van der Waals surface area contributed by atoms with Crippen LogP contribution in [0.25, 0.3) is 17.0 Å². The second kappa shape index (κ2) is 8.92. The van der Waals surface area contributed by atoms with E-state index in [2.05, 4.69) is 4.98 Å². The van der Waals surface area contributed by atoms with E-state index in [0.29, 0.717) is 42.8 Å². The number of carboxylic acids is 1. The number of nitrogens with zero attached hydrogens (tertiary/aromatic N) is 2. The number of likely N-dealkylation sites (tertiary alicyclic amines) is 1. The quantitative estimate of drug-likeness (QED) is 0.502. The molecule has 0 saturated carbocycles. The van der Waals surface area contributed by atoms with Gasteiger partial charge >= 0.3 is 5.97 Å². The number of ketones is 1. The number of pyridine rings is 1. The van der Waals surface area contributed by atoms with Gasteiger partial charge in [0.15, 0.2) is 5.78 Å². The lowest BCUT2D eigenvalue weighted by atomic mass is 9.96. The van der Waals surface area contributed by atoms with Crippen molar-refractivity contribution in [2.45, 2.75) is 12.8 Å². The number of benzene rings is 2. The summed E-state index contributed by atoms with van der Waals surface area (Å²) >= 11 is 0. The van der Waals surface area contributed by atoms with E-state index >= 15 is 0 Å². The molecular formula is C25H22N2O4. The van der Waals surface area contributed by atoms with Gasteiger partial charge < -0.3 is 10.0 Å². The first-order chi connectivity index (χ1) is 15.0. The number of carbonyl (C=O) groups excluding carboxylic acids is 2. The zero-order valence-electron chi connectivity index (χ0n) is 16.9. The highest BCUT2D eigenvalue weighted by Crippen LogP contribution is 2.20. The Hall–Kier alpha value is -3.80. The number of carbonyl (C=O) groups is 3. The number of para-hydroxylation sites is 1. The largest absolute Gasteiger partial charge is 0.481 e. The molecule has 6 heteroatoms. The van der Waals surface area contributed by atoms with Crippen molar-refractivity contribution in [3.63, 3.8) is 0 Å². The minimum Gasteiger partial charge on any atom is -0.481 e. The number of hydrogen-bond donors (Lipinski definition) is 1. The summed E-state index contributed by atoms with van der Waals surface area (Å²) in [5.41, 5.74) is 2.54. The van der Waals surface area contributed by atoms with E-state index in [1.807, 2.05) is 36.4 Å². The maximum atomic E-state index is 12.6. The Balaban J connectivity index is 1.40. The van der Waals surface area contributed by atoms with Gasteiger partial charge in [0, 0.05) is 29.6 Å². The fraction of sp³-hybridized carbons (Fsp3) is 0.200. The summed E-state index contributed by atoms with van der Waals surface area (Å²) in [4.78, 5) is 42.4. The number of amides is 1. The Kier molecular flexibility index (Phi) is 5.89. The summed E-state index contributed by atoms with van der Waals surface area (Å²) in [6, 6.07) is 18.2. The molecule has 0 atom stereocenters. The van der Waals surface area contributed by atoms with Gasteiger partial charge in [0.2, 0.25) is 0 Å². The maximum Gasteiger partial charge on any atom is 0.306 e. The summed E-state index contributed by atoms with van der Waals surface area (Å²) in [7, 11) is 0. The molecule has 1 aliphatic rings. The fourth-order valence-electron chi connectivity index (χ4n) is 3.72. The summed E-state index contributed by atoms with van der Waals surface area (Å²) in [5, 5.41) is 10.1. The number of rotatable bonds is 5. The lowest BCUT2D eigenvalue weighted by Gasteiger charge is -2.30. The lowest BCUT2D eigenvalue weighted by Crippen LogP contribution is -2.40. The van der Waals surface area contributed by atoms with Crippen LogP contribution in [0.5, 0.6) is 0 Å². The average molecular weight is 414 g/mol. The molecule has 31 heavy (non-hydrogen) atoms. The van der Waals surface area contributed by atoms with E-state index in [1.54, 1.807) is 35.2 Å². The fourth-order valence-corrected chi connectivity index (χ4v) is 3.72. The zero-order chi connectivity index (χ0) is 21.8. The molecule has 0 radical (unpaired) electrons. The average Bonchev–Trinajstić information content (AvgIpc) is 2.82. The Morgan fingerprint density at radius 2 is 1.58 bits per heavy atom. The number of aromatic nitrogens is 1. The summed E-state index contributed by atoms with van der Waals surface area (Å²) < 4.78 is 0. The summed E-state index contributed by atoms with van der Waals surface area (Å²) in [5.74, 6) is -1.50. The molecule has 1 saturated heterocycles.